The Balaban J connectivity index is 2.79. The number of aliphatic hydroxyl groups is 1. The fourth-order valence-electron chi connectivity index (χ4n) is 1.73. The van der Waals surface area contributed by atoms with Gasteiger partial charge in [-0.3, -0.25) is 0 Å². The van der Waals surface area contributed by atoms with Crippen LogP contribution in [0.15, 0.2) is 24.3 Å². The highest BCUT2D eigenvalue weighted by molar-refractivity contribution is 7.88. The third-order valence-corrected chi connectivity index (χ3v) is 4.12. The zero-order valence-electron chi connectivity index (χ0n) is 11.5. The van der Waals surface area contributed by atoms with Crippen molar-refractivity contribution in [2.45, 2.75) is 25.1 Å². The number of ether oxygens (including phenoxy) is 1. The lowest BCUT2D eigenvalue weighted by molar-refractivity contribution is 0.0600. The van der Waals surface area contributed by atoms with Gasteiger partial charge >= 0.3 is 5.97 Å². The summed E-state index contributed by atoms with van der Waals surface area (Å²) in [5.74, 6) is -0.737. The third-order valence-electron chi connectivity index (χ3n) is 2.65. The number of aliphatic hydroxyl groups excluding tert-OH is 1. The van der Waals surface area contributed by atoms with Gasteiger partial charge in [0.2, 0.25) is 10.0 Å². The minimum Gasteiger partial charge on any atom is -0.465 e. The number of esters is 1. The van der Waals surface area contributed by atoms with Gasteiger partial charge in [0, 0.05) is 12.6 Å². The van der Waals surface area contributed by atoms with E-state index in [-0.39, 0.29) is 18.4 Å². The van der Waals surface area contributed by atoms with Gasteiger partial charge in [0.05, 0.1) is 18.4 Å². The van der Waals surface area contributed by atoms with E-state index in [9.17, 15) is 13.2 Å². The van der Waals surface area contributed by atoms with Crippen LogP contribution >= 0.6 is 0 Å². The quantitative estimate of drug-likeness (QED) is 0.722. The number of carbonyl (C=O) groups excluding carboxylic acids is 1. The zero-order valence-corrected chi connectivity index (χ0v) is 12.3. The van der Waals surface area contributed by atoms with E-state index in [4.69, 9.17) is 5.11 Å². The lowest BCUT2D eigenvalue weighted by Crippen LogP contribution is -2.34. The first kappa shape index (κ1) is 16.6. The fourth-order valence-corrected chi connectivity index (χ4v) is 3.16. The van der Waals surface area contributed by atoms with Crippen molar-refractivity contribution in [3.05, 3.63) is 35.4 Å². The van der Waals surface area contributed by atoms with E-state index in [1.165, 1.54) is 13.2 Å². The van der Waals surface area contributed by atoms with Crippen LogP contribution in [0.1, 0.15) is 29.3 Å². The molecule has 0 aliphatic heterocycles. The van der Waals surface area contributed by atoms with Gasteiger partial charge in [-0.2, -0.15) is 0 Å². The molecule has 0 aliphatic rings. The molecule has 0 spiro atoms. The summed E-state index contributed by atoms with van der Waals surface area (Å²) in [6.07, 6.45) is 0.349. The highest BCUT2D eigenvalue weighted by Gasteiger charge is 2.16. The zero-order chi connectivity index (χ0) is 15.2. The molecule has 1 rings (SSSR count). The molecule has 0 heterocycles. The molecule has 0 aromatic heterocycles. The predicted molar refractivity (Wildman–Crippen MR) is 74.7 cm³/mol. The second kappa shape index (κ2) is 7.37. The molecule has 0 saturated heterocycles. The molecule has 1 atom stereocenters. The molecular formula is C13H19NO5S. The number of carbonyl (C=O) groups is 1. The molecule has 0 fully saturated rings. The average Bonchev–Trinajstić information content (AvgIpc) is 2.37. The highest BCUT2D eigenvalue weighted by atomic mass is 32.2. The number of hydrogen-bond donors (Lipinski definition) is 2. The number of hydrogen-bond acceptors (Lipinski definition) is 5. The van der Waals surface area contributed by atoms with Crippen molar-refractivity contribution in [2.75, 3.05) is 13.7 Å². The number of rotatable bonds is 7. The molecule has 20 heavy (non-hydrogen) atoms. The third kappa shape index (κ3) is 5.28. The monoisotopic (exact) mass is 301 g/mol. The lowest BCUT2D eigenvalue weighted by atomic mass is 10.1. The van der Waals surface area contributed by atoms with Crippen LogP contribution in [-0.4, -0.2) is 39.3 Å². The van der Waals surface area contributed by atoms with Gasteiger partial charge in [0.25, 0.3) is 0 Å². The van der Waals surface area contributed by atoms with Crippen molar-refractivity contribution < 1.29 is 23.1 Å². The van der Waals surface area contributed by atoms with E-state index in [1.54, 1.807) is 25.1 Å². The molecule has 1 aromatic carbocycles. The number of methoxy groups -OCH3 is 1. The fraction of sp³-hybridized carbons (Fsp3) is 0.462. The van der Waals surface area contributed by atoms with E-state index >= 15 is 0 Å². The van der Waals surface area contributed by atoms with Crippen LogP contribution in [0.2, 0.25) is 0 Å². The SMILES string of the molecule is COC(=O)c1cccc(CS(=O)(=O)NC(C)CCO)c1. The first-order valence-corrected chi connectivity index (χ1v) is 7.81. The van der Waals surface area contributed by atoms with Gasteiger partial charge < -0.3 is 9.84 Å². The second-order valence-electron chi connectivity index (χ2n) is 4.48. The molecular weight excluding hydrogens is 282 g/mol. The minimum absolute atomic E-state index is 0.0818. The first-order chi connectivity index (χ1) is 9.38. The van der Waals surface area contributed by atoms with Crippen LogP contribution < -0.4 is 4.72 Å². The van der Waals surface area contributed by atoms with E-state index in [1.807, 2.05) is 0 Å². The molecule has 0 amide bonds. The van der Waals surface area contributed by atoms with Gasteiger partial charge in [-0.1, -0.05) is 12.1 Å². The Hall–Kier alpha value is -1.44. The summed E-state index contributed by atoms with van der Waals surface area (Å²) in [4.78, 5) is 11.4. The van der Waals surface area contributed by atoms with Gasteiger partial charge in [-0.15, -0.1) is 0 Å². The molecule has 0 radical (unpaired) electrons. The lowest BCUT2D eigenvalue weighted by Gasteiger charge is -2.13. The van der Waals surface area contributed by atoms with Crippen LogP contribution in [0.4, 0.5) is 0 Å². The van der Waals surface area contributed by atoms with Gasteiger partial charge in [0.1, 0.15) is 0 Å². The van der Waals surface area contributed by atoms with Crippen molar-refractivity contribution in [2.24, 2.45) is 0 Å². The molecule has 0 aliphatic carbocycles. The van der Waals surface area contributed by atoms with Crippen molar-refractivity contribution in [1.82, 2.24) is 4.72 Å². The summed E-state index contributed by atoms with van der Waals surface area (Å²) in [6.45, 7) is 1.60. The van der Waals surface area contributed by atoms with Crippen LogP contribution in [0.5, 0.6) is 0 Å². The Morgan fingerprint density at radius 2 is 2.15 bits per heavy atom. The number of nitrogens with one attached hydrogen (secondary N) is 1. The normalized spacial score (nSPS) is 12.9. The number of sulfonamides is 1. The molecule has 0 bridgehead atoms. The Labute approximate surface area is 118 Å². The molecule has 1 aromatic rings. The average molecular weight is 301 g/mol. The maximum Gasteiger partial charge on any atom is 0.337 e. The van der Waals surface area contributed by atoms with E-state index in [2.05, 4.69) is 9.46 Å². The van der Waals surface area contributed by atoms with Crippen LogP contribution in [0.3, 0.4) is 0 Å². The maximum atomic E-state index is 11.9. The minimum atomic E-state index is -3.52. The van der Waals surface area contributed by atoms with Crippen molar-refractivity contribution in [3.63, 3.8) is 0 Å². The summed E-state index contributed by atoms with van der Waals surface area (Å²) in [5, 5.41) is 8.76. The summed E-state index contributed by atoms with van der Waals surface area (Å²) in [7, 11) is -2.25. The summed E-state index contributed by atoms with van der Waals surface area (Å²) in [5.41, 5.74) is 0.806. The maximum absolute atomic E-state index is 11.9. The van der Waals surface area contributed by atoms with E-state index in [0.29, 0.717) is 17.5 Å². The first-order valence-electron chi connectivity index (χ1n) is 6.16. The van der Waals surface area contributed by atoms with Crippen molar-refractivity contribution >= 4 is 16.0 Å². The molecule has 1 unspecified atom stereocenters. The molecule has 6 nitrogen and oxygen atoms in total. The summed E-state index contributed by atoms with van der Waals surface area (Å²) >= 11 is 0. The largest absolute Gasteiger partial charge is 0.465 e. The summed E-state index contributed by atoms with van der Waals surface area (Å²) in [6, 6.07) is 5.94. The second-order valence-corrected chi connectivity index (χ2v) is 6.24. The van der Waals surface area contributed by atoms with Gasteiger partial charge in [-0.25, -0.2) is 17.9 Å². The van der Waals surface area contributed by atoms with E-state index in [0.717, 1.165) is 0 Å². The molecule has 2 N–H and O–H groups in total. The Morgan fingerprint density at radius 3 is 2.75 bits per heavy atom. The van der Waals surface area contributed by atoms with Crippen molar-refractivity contribution in [1.29, 1.82) is 0 Å². The molecule has 7 heteroatoms. The molecule has 0 saturated carbocycles. The van der Waals surface area contributed by atoms with Crippen LogP contribution in [-0.2, 0) is 20.5 Å². The Kier molecular flexibility index (Phi) is 6.12. The standard InChI is InChI=1S/C13H19NO5S/c1-10(6-7-15)14-20(17,18)9-11-4-3-5-12(8-11)13(16)19-2/h3-5,8,10,14-15H,6-7,9H2,1-2H3. The smallest absolute Gasteiger partial charge is 0.337 e. The van der Waals surface area contributed by atoms with Crippen LogP contribution in [0.25, 0.3) is 0 Å². The Morgan fingerprint density at radius 1 is 1.45 bits per heavy atom. The van der Waals surface area contributed by atoms with E-state index < -0.39 is 16.0 Å². The highest BCUT2D eigenvalue weighted by Crippen LogP contribution is 2.10. The topological polar surface area (TPSA) is 92.7 Å². The van der Waals surface area contributed by atoms with Crippen LogP contribution in [0, 0.1) is 0 Å². The number of benzene rings is 1. The van der Waals surface area contributed by atoms with Crippen molar-refractivity contribution in [3.8, 4) is 0 Å². The van der Waals surface area contributed by atoms with Gasteiger partial charge in [-0.05, 0) is 31.0 Å². The summed E-state index contributed by atoms with van der Waals surface area (Å²) < 4.78 is 30.9. The predicted octanol–water partition coefficient (Wildman–Crippen LogP) is 0.663. The Bertz CT molecular complexity index is 556. The molecule has 112 valence electrons. The van der Waals surface area contributed by atoms with Gasteiger partial charge in [0.15, 0.2) is 0 Å².